The summed E-state index contributed by atoms with van der Waals surface area (Å²) in [6.45, 7) is 3.91. The summed E-state index contributed by atoms with van der Waals surface area (Å²) in [6.07, 6.45) is 1.55. The highest BCUT2D eigenvalue weighted by atomic mass is 79.9. The molecule has 0 aliphatic rings. The van der Waals surface area contributed by atoms with Crippen molar-refractivity contribution in [2.45, 2.75) is 18.7 Å². The zero-order chi connectivity index (χ0) is 18.7. The first kappa shape index (κ1) is 18.4. The van der Waals surface area contributed by atoms with E-state index in [1.807, 2.05) is 44.2 Å². The number of nitrogens with zero attached hydrogens (tertiary/aromatic N) is 1. The van der Waals surface area contributed by atoms with Crippen molar-refractivity contribution in [3.63, 3.8) is 0 Å². The highest BCUT2D eigenvalue weighted by molar-refractivity contribution is 9.10. The van der Waals surface area contributed by atoms with Crippen LogP contribution in [0.25, 0.3) is 0 Å². The minimum Gasteiger partial charge on any atom is -0.339 e. The zero-order valence-corrected chi connectivity index (χ0v) is 16.7. The van der Waals surface area contributed by atoms with Crippen molar-refractivity contribution in [2.24, 2.45) is 0 Å². The lowest BCUT2D eigenvalue weighted by molar-refractivity contribution is 0.601. The fourth-order valence-electron chi connectivity index (χ4n) is 2.39. The van der Waals surface area contributed by atoms with E-state index in [-0.39, 0.29) is 10.7 Å². The van der Waals surface area contributed by atoms with Gasteiger partial charge in [-0.25, -0.2) is 13.4 Å². The molecule has 0 aliphatic heterocycles. The van der Waals surface area contributed by atoms with Gasteiger partial charge in [-0.2, -0.15) is 0 Å². The van der Waals surface area contributed by atoms with Crippen LogP contribution in [0.5, 0.6) is 0 Å². The molecule has 3 rings (SSSR count). The van der Waals surface area contributed by atoms with Crippen LogP contribution in [0.4, 0.5) is 17.2 Å². The predicted molar refractivity (Wildman–Crippen MR) is 108 cm³/mol. The first-order valence-corrected chi connectivity index (χ1v) is 10.2. The fraction of sp³-hybridized carbons (Fsp3) is 0.105. The molecule has 0 unspecified atom stereocenters. The minimum atomic E-state index is -3.78. The van der Waals surface area contributed by atoms with Crippen LogP contribution in [-0.2, 0) is 10.0 Å². The van der Waals surface area contributed by atoms with Gasteiger partial charge < -0.3 is 5.32 Å². The molecule has 0 aliphatic carbocycles. The fourth-order valence-corrected chi connectivity index (χ4v) is 3.81. The van der Waals surface area contributed by atoms with Gasteiger partial charge in [0.15, 0.2) is 5.82 Å². The number of sulfonamides is 1. The summed E-state index contributed by atoms with van der Waals surface area (Å²) in [5.74, 6) is 0.272. The van der Waals surface area contributed by atoms with Crippen LogP contribution in [0.15, 0.2) is 70.2 Å². The SMILES string of the molecule is Cc1ccc(NS(=O)(=O)c2cccnc2Nc2ccc(Br)c(C)c2)cc1. The first-order valence-electron chi connectivity index (χ1n) is 7.93. The topological polar surface area (TPSA) is 71.1 Å². The van der Waals surface area contributed by atoms with Crippen LogP contribution >= 0.6 is 15.9 Å². The second kappa shape index (κ2) is 7.47. The Morgan fingerprint density at radius 1 is 0.962 bits per heavy atom. The van der Waals surface area contributed by atoms with E-state index >= 15 is 0 Å². The summed E-state index contributed by atoms with van der Waals surface area (Å²) in [7, 11) is -3.78. The Bertz CT molecular complexity index is 1030. The van der Waals surface area contributed by atoms with Crippen molar-refractivity contribution >= 4 is 43.1 Å². The van der Waals surface area contributed by atoms with Crippen molar-refractivity contribution in [1.82, 2.24) is 4.98 Å². The lowest BCUT2D eigenvalue weighted by atomic mass is 10.2. The minimum absolute atomic E-state index is 0.0844. The second-order valence-electron chi connectivity index (χ2n) is 5.91. The Morgan fingerprint density at radius 2 is 1.65 bits per heavy atom. The van der Waals surface area contributed by atoms with Gasteiger partial charge in [-0.3, -0.25) is 4.72 Å². The van der Waals surface area contributed by atoms with Crippen molar-refractivity contribution in [2.75, 3.05) is 10.0 Å². The monoisotopic (exact) mass is 431 g/mol. The summed E-state index contributed by atoms with van der Waals surface area (Å²) >= 11 is 3.45. The molecule has 0 saturated carbocycles. The molecule has 0 atom stereocenters. The molecule has 26 heavy (non-hydrogen) atoms. The standard InChI is InChI=1S/C19H18BrN3O2S/c1-13-5-7-15(8-6-13)23-26(24,25)18-4-3-11-21-19(18)22-16-9-10-17(20)14(2)12-16/h3-12,23H,1-2H3,(H,21,22). The summed E-state index contributed by atoms with van der Waals surface area (Å²) in [6, 6.07) is 16.0. The summed E-state index contributed by atoms with van der Waals surface area (Å²) < 4.78 is 29.2. The molecular weight excluding hydrogens is 414 g/mol. The van der Waals surface area contributed by atoms with E-state index in [0.29, 0.717) is 5.69 Å². The van der Waals surface area contributed by atoms with Gasteiger partial charge in [-0.1, -0.05) is 33.6 Å². The number of hydrogen-bond acceptors (Lipinski definition) is 4. The van der Waals surface area contributed by atoms with Crippen molar-refractivity contribution in [3.8, 4) is 0 Å². The van der Waals surface area contributed by atoms with Crippen LogP contribution in [-0.4, -0.2) is 13.4 Å². The predicted octanol–water partition coefficient (Wildman–Crippen LogP) is 5.01. The van der Waals surface area contributed by atoms with Crippen LogP contribution in [0.3, 0.4) is 0 Å². The second-order valence-corrected chi connectivity index (χ2v) is 8.42. The van der Waals surface area contributed by atoms with Crippen molar-refractivity contribution in [1.29, 1.82) is 0 Å². The number of benzene rings is 2. The maximum Gasteiger partial charge on any atom is 0.265 e. The Balaban J connectivity index is 1.92. The van der Waals surface area contributed by atoms with Gasteiger partial charge in [0.1, 0.15) is 4.90 Å². The smallest absolute Gasteiger partial charge is 0.265 e. The Labute approximate surface area is 161 Å². The van der Waals surface area contributed by atoms with E-state index in [9.17, 15) is 8.42 Å². The number of hydrogen-bond donors (Lipinski definition) is 2. The number of aryl methyl sites for hydroxylation is 2. The van der Waals surface area contributed by atoms with Crippen molar-refractivity contribution < 1.29 is 8.42 Å². The van der Waals surface area contributed by atoms with Gasteiger partial charge in [0.25, 0.3) is 10.0 Å². The van der Waals surface area contributed by atoms with Crippen LogP contribution in [0, 0.1) is 13.8 Å². The molecular formula is C19H18BrN3O2S. The van der Waals surface area contributed by atoms with E-state index < -0.39 is 10.0 Å². The molecule has 0 spiro atoms. The molecule has 2 aromatic carbocycles. The molecule has 0 radical (unpaired) electrons. The third-order valence-electron chi connectivity index (χ3n) is 3.78. The maximum absolute atomic E-state index is 12.8. The van der Waals surface area contributed by atoms with Gasteiger partial charge in [-0.15, -0.1) is 0 Å². The quantitative estimate of drug-likeness (QED) is 0.595. The molecule has 134 valence electrons. The highest BCUT2D eigenvalue weighted by Gasteiger charge is 2.20. The average Bonchev–Trinajstić information content (AvgIpc) is 2.60. The summed E-state index contributed by atoms with van der Waals surface area (Å²) in [5, 5.41) is 3.09. The lowest BCUT2D eigenvalue weighted by Crippen LogP contribution is -2.15. The maximum atomic E-state index is 12.8. The van der Waals surface area contributed by atoms with Crippen LogP contribution in [0.2, 0.25) is 0 Å². The van der Waals surface area contributed by atoms with E-state index in [1.165, 1.54) is 6.07 Å². The molecule has 2 N–H and O–H groups in total. The molecule has 5 nitrogen and oxygen atoms in total. The number of aromatic nitrogens is 1. The largest absolute Gasteiger partial charge is 0.339 e. The molecule has 7 heteroatoms. The Kier molecular flexibility index (Phi) is 5.29. The Morgan fingerprint density at radius 3 is 2.35 bits per heavy atom. The number of anilines is 3. The third kappa shape index (κ3) is 4.23. The van der Waals surface area contributed by atoms with E-state index in [4.69, 9.17) is 0 Å². The molecule has 0 bridgehead atoms. The van der Waals surface area contributed by atoms with E-state index in [1.54, 1.807) is 24.4 Å². The molecule has 3 aromatic rings. The Hall–Kier alpha value is -2.38. The van der Waals surface area contributed by atoms with Crippen molar-refractivity contribution in [3.05, 3.63) is 76.4 Å². The van der Waals surface area contributed by atoms with Crippen LogP contribution in [0.1, 0.15) is 11.1 Å². The molecule has 1 aromatic heterocycles. The molecule has 1 heterocycles. The molecule has 0 fully saturated rings. The average molecular weight is 432 g/mol. The number of halogens is 1. The number of pyridine rings is 1. The third-order valence-corrected chi connectivity index (χ3v) is 6.09. The zero-order valence-electron chi connectivity index (χ0n) is 14.3. The highest BCUT2D eigenvalue weighted by Crippen LogP contribution is 2.27. The molecule has 0 saturated heterocycles. The number of nitrogens with one attached hydrogen (secondary N) is 2. The van der Waals surface area contributed by atoms with Crippen LogP contribution < -0.4 is 10.0 Å². The first-order chi connectivity index (χ1) is 12.3. The summed E-state index contributed by atoms with van der Waals surface area (Å²) in [4.78, 5) is 4.29. The van der Waals surface area contributed by atoms with E-state index in [0.717, 1.165) is 21.3 Å². The van der Waals surface area contributed by atoms with Gasteiger partial charge >= 0.3 is 0 Å². The molecule has 0 amide bonds. The number of rotatable bonds is 5. The van der Waals surface area contributed by atoms with Gasteiger partial charge in [0.2, 0.25) is 0 Å². The summed E-state index contributed by atoms with van der Waals surface area (Å²) in [5.41, 5.74) is 3.36. The van der Waals surface area contributed by atoms with Gasteiger partial charge in [0, 0.05) is 22.0 Å². The van der Waals surface area contributed by atoms with Gasteiger partial charge in [-0.05, 0) is 61.9 Å². The van der Waals surface area contributed by atoms with E-state index in [2.05, 4.69) is 31.0 Å². The van der Waals surface area contributed by atoms with Gasteiger partial charge in [0.05, 0.1) is 0 Å². The normalized spacial score (nSPS) is 11.2. The lowest BCUT2D eigenvalue weighted by Gasteiger charge is -2.13.